The van der Waals surface area contributed by atoms with Crippen LogP contribution in [0.3, 0.4) is 0 Å². The number of amides is 2. The third-order valence-electron chi connectivity index (χ3n) is 6.82. The molecule has 0 radical (unpaired) electrons. The molecule has 1 aliphatic carbocycles. The van der Waals surface area contributed by atoms with Gasteiger partial charge in [-0.3, -0.25) is 0 Å². The van der Waals surface area contributed by atoms with Crippen molar-refractivity contribution in [2.75, 3.05) is 25.0 Å². The molecule has 12 heteroatoms. The monoisotopic (exact) mass is 521 g/mol. The van der Waals surface area contributed by atoms with Gasteiger partial charge in [0.15, 0.2) is 5.65 Å². The first kappa shape index (κ1) is 24.4. The van der Waals surface area contributed by atoms with Crippen molar-refractivity contribution >= 4 is 32.8 Å². The normalized spacial score (nSPS) is 20.6. The average molecular weight is 522 g/mol. The molecule has 0 unspecified atom stereocenters. The van der Waals surface area contributed by atoms with E-state index in [0.717, 1.165) is 22.4 Å². The number of fused-ring (bicyclic) bond motifs is 1. The van der Waals surface area contributed by atoms with Gasteiger partial charge >= 0.3 is 12.2 Å². The number of nitrogens with zero attached hydrogens (tertiary/aromatic N) is 3. The quantitative estimate of drug-likeness (QED) is 0.512. The number of hydrogen-bond acceptors (Lipinski definition) is 5. The molecule has 0 spiro atoms. The molecule has 1 saturated carbocycles. The minimum absolute atomic E-state index is 0.0828. The number of rotatable bonds is 6. The number of likely N-dealkylation sites (tertiary alicyclic amines) is 1. The number of pyridine rings is 1. The molecule has 3 aromatic rings. The fourth-order valence-electron chi connectivity index (χ4n) is 4.88. The maximum absolute atomic E-state index is 13.2. The number of benzene rings is 1. The zero-order valence-corrected chi connectivity index (χ0v) is 20.3. The van der Waals surface area contributed by atoms with Gasteiger partial charge in [-0.25, -0.2) is 22.2 Å². The highest BCUT2D eigenvalue weighted by Gasteiger charge is 2.44. The number of aryl methyl sites for hydroxylation is 1. The van der Waals surface area contributed by atoms with Crippen molar-refractivity contribution in [2.45, 2.75) is 36.9 Å². The Labute approximate surface area is 206 Å². The number of carbonyl (C=O) groups excluding carboxylic acids is 1. The molecule has 192 valence electrons. The van der Waals surface area contributed by atoms with E-state index in [-0.39, 0.29) is 29.0 Å². The lowest BCUT2D eigenvalue weighted by Crippen LogP contribution is -2.43. The number of urea groups is 1. The number of anilines is 1. The van der Waals surface area contributed by atoms with Crippen molar-refractivity contribution in [3.05, 3.63) is 54.4 Å². The largest absolute Gasteiger partial charge is 0.405 e. The van der Waals surface area contributed by atoms with Crippen LogP contribution in [0.4, 0.5) is 23.7 Å². The first-order valence-electron chi connectivity index (χ1n) is 11.7. The van der Waals surface area contributed by atoms with Crippen molar-refractivity contribution in [1.29, 1.82) is 0 Å². The molecule has 8 nitrogen and oxygen atoms in total. The van der Waals surface area contributed by atoms with Crippen LogP contribution in [0.5, 0.6) is 0 Å². The fraction of sp³-hybridized carbons (Fsp3) is 0.417. The molecule has 2 amide bonds. The van der Waals surface area contributed by atoms with Gasteiger partial charge in [0.25, 0.3) is 10.0 Å². The zero-order chi connectivity index (χ0) is 25.7. The van der Waals surface area contributed by atoms with Crippen molar-refractivity contribution in [1.82, 2.24) is 19.2 Å². The molecule has 2 atom stereocenters. The molecule has 2 fully saturated rings. The van der Waals surface area contributed by atoms with E-state index in [0.29, 0.717) is 23.5 Å². The number of carbonyl (C=O) groups is 1. The number of hydrogen-bond donors (Lipinski definition) is 2. The van der Waals surface area contributed by atoms with Gasteiger partial charge < -0.3 is 15.5 Å². The van der Waals surface area contributed by atoms with Crippen molar-refractivity contribution in [3.63, 3.8) is 0 Å². The fourth-order valence-corrected chi connectivity index (χ4v) is 6.20. The Balaban J connectivity index is 1.42. The van der Waals surface area contributed by atoms with Gasteiger partial charge in [-0.2, -0.15) is 13.2 Å². The Hall–Kier alpha value is -3.28. The maximum atomic E-state index is 13.2. The zero-order valence-electron chi connectivity index (χ0n) is 19.5. The molecular formula is C24H26F3N5O3S. The summed E-state index contributed by atoms with van der Waals surface area (Å²) in [7, 11) is -3.86. The minimum atomic E-state index is -4.48. The minimum Gasteiger partial charge on any atom is -0.379 e. The Morgan fingerprint density at radius 2 is 1.86 bits per heavy atom. The third kappa shape index (κ3) is 4.73. The van der Waals surface area contributed by atoms with E-state index in [4.69, 9.17) is 0 Å². The second-order valence-electron chi connectivity index (χ2n) is 9.41. The number of aromatic nitrogens is 2. The predicted molar refractivity (Wildman–Crippen MR) is 128 cm³/mol. The van der Waals surface area contributed by atoms with E-state index < -0.39 is 28.8 Å². The molecule has 1 saturated heterocycles. The molecule has 5 rings (SSSR count). The number of nitrogens with one attached hydrogen (secondary N) is 2. The molecular weight excluding hydrogens is 495 g/mol. The van der Waals surface area contributed by atoms with E-state index in [9.17, 15) is 26.4 Å². The van der Waals surface area contributed by atoms with Gasteiger partial charge in [0, 0.05) is 48.5 Å². The van der Waals surface area contributed by atoms with Crippen LogP contribution in [0, 0.1) is 18.8 Å². The van der Waals surface area contributed by atoms with Crippen LogP contribution in [0.1, 0.15) is 18.4 Å². The summed E-state index contributed by atoms with van der Waals surface area (Å²) in [5.41, 5.74) is 1.77. The van der Waals surface area contributed by atoms with E-state index in [1.807, 2.05) is 12.2 Å². The molecule has 0 bridgehead atoms. The lowest BCUT2D eigenvalue weighted by atomic mass is 9.97. The Morgan fingerprint density at radius 1 is 1.14 bits per heavy atom. The average Bonchev–Trinajstić information content (AvgIpc) is 3.44. The number of halogens is 3. The lowest BCUT2D eigenvalue weighted by molar-refractivity contribution is -0.123. The van der Waals surface area contributed by atoms with Crippen LogP contribution < -0.4 is 10.6 Å². The standard InChI is InChI=1S/C24H26F3N5O3S/c1-15-11-28-22-18(9-10-32(22)36(34,35)17-5-3-2-4-6-17)21(15)30-20-13-31(12-19(20)16-7-8-16)23(33)29-14-24(25,26)27/h2-6,9-11,16,19-20H,7-8,12-14H2,1H3,(H,28,30)(H,29,33)/t19-,20-/m0/s1. The molecule has 2 aromatic heterocycles. The number of alkyl halides is 3. The van der Waals surface area contributed by atoms with Gasteiger partial charge in [0.1, 0.15) is 6.54 Å². The summed E-state index contributed by atoms with van der Waals surface area (Å²) >= 11 is 0. The molecule has 36 heavy (non-hydrogen) atoms. The van der Waals surface area contributed by atoms with Gasteiger partial charge in [-0.1, -0.05) is 18.2 Å². The highest BCUT2D eigenvalue weighted by molar-refractivity contribution is 7.90. The van der Waals surface area contributed by atoms with E-state index in [1.54, 1.807) is 30.5 Å². The van der Waals surface area contributed by atoms with Crippen LogP contribution in [-0.4, -0.2) is 60.2 Å². The predicted octanol–water partition coefficient (Wildman–Crippen LogP) is 3.98. The lowest BCUT2D eigenvalue weighted by Gasteiger charge is -2.22. The second kappa shape index (κ2) is 8.99. The maximum Gasteiger partial charge on any atom is 0.405 e. The smallest absolute Gasteiger partial charge is 0.379 e. The SMILES string of the molecule is Cc1cnc2c(ccn2S(=O)(=O)c2ccccc2)c1N[C@H]1CN(C(=O)NCC(F)(F)F)C[C@H]1C1CC1. The van der Waals surface area contributed by atoms with Gasteiger partial charge in [-0.05, 0) is 49.4 Å². The summed E-state index contributed by atoms with van der Waals surface area (Å²) in [6.45, 7) is 1.09. The van der Waals surface area contributed by atoms with E-state index in [1.165, 1.54) is 23.2 Å². The summed E-state index contributed by atoms with van der Waals surface area (Å²) in [5.74, 6) is 0.475. The molecule has 2 aliphatic rings. The van der Waals surface area contributed by atoms with Crippen molar-refractivity contribution in [3.8, 4) is 0 Å². The highest BCUT2D eigenvalue weighted by atomic mass is 32.2. The second-order valence-corrected chi connectivity index (χ2v) is 11.2. The molecule has 2 N–H and O–H groups in total. The molecule has 1 aliphatic heterocycles. The van der Waals surface area contributed by atoms with Gasteiger partial charge in [0.2, 0.25) is 0 Å². The van der Waals surface area contributed by atoms with Crippen molar-refractivity contribution < 1.29 is 26.4 Å². The summed E-state index contributed by atoms with van der Waals surface area (Å²) in [4.78, 5) is 18.4. The van der Waals surface area contributed by atoms with Crippen LogP contribution in [0.15, 0.2) is 53.7 Å². The highest BCUT2D eigenvalue weighted by Crippen LogP contribution is 2.43. The summed E-state index contributed by atoms with van der Waals surface area (Å²) in [6.07, 6.45) is 0.607. The third-order valence-corrected chi connectivity index (χ3v) is 8.50. The molecule has 3 heterocycles. The van der Waals surface area contributed by atoms with Crippen LogP contribution in [-0.2, 0) is 10.0 Å². The first-order chi connectivity index (χ1) is 17.0. The Bertz CT molecular complexity index is 1390. The van der Waals surface area contributed by atoms with Gasteiger partial charge in [0.05, 0.1) is 4.90 Å². The Morgan fingerprint density at radius 3 is 2.53 bits per heavy atom. The topological polar surface area (TPSA) is 96.3 Å². The van der Waals surface area contributed by atoms with Crippen LogP contribution in [0.2, 0.25) is 0 Å². The van der Waals surface area contributed by atoms with E-state index in [2.05, 4.69) is 10.3 Å². The summed E-state index contributed by atoms with van der Waals surface area (Å²) in [5, 5.41) is 6.07. The first-order valence-corrected chi connectivity index (χ1v) is 13.1. The van der Waals surface area contributed by atoms with Crippen molar-refractivity contribution in [2.24, 2.45) is 11.8 Å². The molecule has 1 aromatic carbocycles. The van der Waals surface area contributed by atoms with E-state index >= 15 is 0 Å². The van der Waals surface area contributed by atoms with Crippen LogP contribution >= 0.6 is 0 Å². The summed E-state index contributed by atoms with van der Waals surface area (Å²) < 4.78 is 65.3. The van der Waals surface area contributed by atoms with Gasteiger partial charge in [-0.15, -0.1) is 0 Å². The summed E-state index contributed by atoms with van der Waals surface area (Å²) in [6, 6.07) is 8.84. The van der Waals surface area contributed by atoms with Crippen LogP contribution in [0.25, 0.3) is 11.0 Å². The Kier molecular flexibility index (Phi) is 6.09.